The Morgan fingerprint density at radius 1 is 1.64 bits per heavy atom. The molecule has 0 heterocycles. The second-order valence-corrected chi connectivity index (χ2v) is 9.62. The van der Waals surface area contributed by atoms with E-state index in [-0.39, 0.29) is 0 Å². The summed E-state index contributed by atoms with van der Waals surface area (Å²) < 4.78 is 7.45. The van der Waals surface area contributed by atoms with Gasteiger partial charge in [-0.2, -0.15) is 0 Å². The van der Waals surface area contributed by atoms with Crippen molar-refractivity contribution in [2.24, 2.45) is 0 Å². The van der Waals surface area contributed by atoms with E-state index in [9.17, 15) is 0 Å². The highest BCUT2D eigenvalue weighted by Gasteiger charge is 2.21. The monoisotopic (exact) mass is 269 g/mol. The van der Waals surface area contributed by atoms with Gasteiger partial charge in [0.1, 0.15) is 0 Å². The van der Waals surface area contributed by atoms with Crippen LogP contribution in [0.5, 0.6) is 0 Å². The van der Waals surface area contributed by atoms with Gasteiger partial charge in [-0.3, -0.25) is 0 Å². The molecule has 0 aromatic rings. The summed E-state index contributed by atoms with van der Waals surface area (Å²) in [5.41, 5.74) is -0.397. The first kappa shape index (κ1) is 14.6. The van der Waals surface area contributed by atoms with Crippen molar-refractivity contribution in [1.29, 1.82) is 0 Å². The molecule has 0 radical (unpaired) electrons. The maximum absolute atomic E-state index is 5.61. The van der Waals surface area contributed by atoms with Crippen LogP contribution in [0.2, 0.25) is 0 Å². The van der Waals surface area contributed by atoms with Crippen molar-refractivity contribution in [3.05, 3.63) is 12.7 Å². The summed E-state index contributed by atoms with van der Waals surface area (Å²) in [6.07, 6.45) is 2.83. The lowest BCUT2D eigenvalue weighted by Gasteiger charge is -2.28. The van der Waals surface area contributed by atoms with E-state index in [1.165, 1.54) is 0 Å². The van der Waals surface area contributed by atoms with Crippen LogP contribution in [0.25, 0.3) is 0 Å². The van der Waals surface area contributed by atoms with Gasteiger partial charge < -0.3 is 9.19 Å². The predicted octanol–water partition coefficient (Wildman–Crippen LogP) is 3.45. The number of nitrogens with zero attached hydrogens (tertiary/aromatic N) is 1. The molecule has 0 spiro atoms. The highest BCUT2D eigenvalue weighted by atomic mass is 32.9. The van der Waals surface area contributed by atoms with Crippen molar-refractivity contribution in [3.63, 3.8) is 0 Å². The van der Waals surface area contributed by atoms with Gasteiger partial charge in [-0.25, -0.2) is 0 Å². The second-order valence-electron chi connectivity index (χ2n) is 2.48. The summed E-state index contributed by atoms with van der Waals surface area (Å²) in [4.78, 5) is 0. The van der Waals surface area contributed by atoms with Crippen molar-refractivity contribution in [2.75, 3.05) is 19.4 Å². The van der Waals surface area contributed by atoms with Crippen LogP contribution in [0, 0.1) is 0 Å². The van der Waals surface area contributed by atoms with Gasteiger partial charge in [0.05, 0.1) is 12.1 Å². The van der Waals surface area contributed by atoms with Crippen LogP contribution in [0.1, 0.15) is 13.3 Å². The van der Waals surface area contributed by atoms with Crippen LogP contribution >= 0.6 is 29.2 Å². The fourth-order valence-corrected chi connectivity index (χ4v) is 6.20. The molecule has 1 atom stereocenters. The topological polar surface area (TPSA) is 12.5 Å². The van der Waals surface area contributed by atoms with Crippen molar-refractivity contribution in [1.82, 2.24) is 4.67 Å². The van der Waals surface area contributed by atoms with E-state index in [1.54, 1.807) is 16.9 Å². The lowest BCUT2D eigenvalue weighted by Crippen LogP contribution is -2.11. The minimum atomic E-state index is -1.96. The van der Waals surface area contributed by atoms with Crippen molar-refractivity contribution in [2.45, 2.75) is 13.3 Å². The van der Waals surface area contributed by atoms with Gasteiger partial charge in [0, 0.05) is 12.8 Å². The third-order valence-electron chi connectivity index (χ3n) is 1.41. The molecule has 0 amide bonds. The molecule has 2 nitrogen and oxygen atoms in total. The Labute approximate surface area is 101 Å². The van der Waals surface area contributed by atoms with E-state index < -0.39 is 5.62 Å². The lowest BCUT2D eigenvalue weighted by atomic mass is 10.5. The van der Waals surface area contributed by atoms with E-state index in [2.05, 4.69) is 6.58 Å². The van der Waals surface area contributed by atoms with E-state index >= 15 is 0 Å². The molecule has 0 saturated heterocycles. The third kappa shape index (κ3) is 4.89. The van der Waals surface area contributed by atoms with Gasteiger partial charge in [-0.15, -0.1) is 6.58 Å². The van der Waals surface area contributed by atoms with Gasteiger partial charge in [0.25, 0.3) is 0 Å². The van der Waals surface area contributed by atoms with Gasteiger partial charge in [0.15, 0.2) is 0 Å². The molecule has 0 saturated carbocycles. The molecule has 0 fully saturated rings. The fraction of sp³-hybridized carbons (Fsp3) is 0.625. The highest BCUT2D eigenvalue weighted by molar-refractivity contribution is 8.68. The van der Waals surface area contributed by atoms with Gasteiger partial charge in [-0.05, 0) is 25.2 Å². The first-order valence-electron chi connectivity index (χ1n) is 4.29. The molecular weight excluding hydrogens is 253 g/mol. The summed E-state index contributed by atoms with van der Waals surface area (Å²) in [6.45, 7) is 6.25. The Morgan fingerprint density at radius 3 is 2.71 bits per heavy atom. The van der Waals surface area contributed by atoms with Crippen LogP contribution in [-0.2, 0) is 16.3 Å². The molecule has 0 aliphatic heterocycles. The van der Waals surface area contributed by atoms with Crippen LogP contribution in [0.3, 0.4) is 0 Å². The standard InChI is InChI=1S/C8H16NOPS3/c1-4-6-7-14-11(13,10-5-2)9(3)8-12/h4,8H,1,5-7H2,2-3H3. The average molecular weight is 269 g/mol. The largest absolute Gasteiger partial charge is 0.327 e. The molecule has 82 valence electrons. The quantitative estimate of drug-likeness (QED) is 0.289. The number of thiocarbonyl (C=S) groups is 1. The Bertz CT molecular complexity index is 235. The summed E-state index contributed by atoms with van der Waals surface area (Å²) in [7, 11) is 1.88. The van der Waals surface area contributed by atoms with Crippen LogP contribution in [-0.4, -0.2) is 29.6 Å². The molecule has 1 unspecified atom stereocenters. The first-order chi connectivity index (χ1) is 6.60. The predicted molar refractivity (Wildman–Crippen MR) is 74.6 cm³/mol. The number of rotatable bonds is 8. The molecule has 6 heteroatoms. The Hall–Kier alpha value is 0.590. The Morgan fingerprint density at radius 2 is 2.29 bits per heavy atom. The van der Waals surface area contributed by atoms with Crippen molar-refractivity contribution < 1.29 is 4.52 Å². The van der Waals surface area contributed by atoms with Crippen molar-refractivity contribution in [3.8, 4) is 0 Å². The second kappa shape index (κ2) is 7.83. The minimum absolute atomic E-state index is 0.631. The van der Waals surface area contributed by atoms with E-state index in [1.807, 2.05) is 24.7 Å². The summed E-state index contributed by atoms with van der Waals surface area (Å²) in [6, 6.07) is 0. The van der Waals surface area contributed by atoms with Gasteiger partial charge >= 0.3 is 0 Å². The maximum Gasteiger partial charge on any atom is 0.213 e. The summed E-state index contributed by atoms with van der Waals surface area (Å²) in [5.74, 6) is 0.939. The smallest absolute Gasteiger partial charge is 0.213 e. The van der Waals surface area contributed by atoms with Gasteiger partial charge in [0.2, 0.25) is 5.62 Å². The van der Waals surface area contributed by atoms with Crippen molar-refractivity contribution >= 4 is 46.5 Å². The number of hydrogen-bond acceptors (Lipinski definition) is 4. The van der Waals surface area contributed by atoms with E-state index in [0.717, 1.165) is 12.2 Å². The maximum atomic E-state index is 5.61. The Balaban J connectivity index is 4.30. The molecule has 0 bridgehead atoms. The normalized spacial score (nSPS) is 14.4. The molecular formula is C8H16NOPS3. The van der Waals surface area contributed by atoms with Crippen LogP contribution in [0.4, 0.5) is 0 Å². The Kier molecular flexibility index (Phi) is 8.16. The highest BCUT2D eigenvalue weighted by Crippen LogP contribution is 2.61. The molecule has 0 aromatic heterocycles. The average Bonchev–Trinajstić information content (AvgIpc) is 2.17. The molecule has 0 aromatic carbocycles. The van der Waals surface area contributed by atoms with Crippen LogP contribution < -0.4 is 0 Å². The lowest BCUT2D eigenvalue weighted by molar-refractivity contribution is 0.369. The molecule has 14 heavy (non-hydrogen) atoms. The van der Waals surface area contributed by atoms with Crippen LogP contribution in [0.15, 0.2) is 12.7 Å². The molecule has 0 aliphatic rings. The zero-order valence-corrected chi connectivity index (χ0v) is 11.9. The third-order valence-corrected chi connectivity index (χ3v) is 8.75. The number of allylic oxidation sites excluding steroid dienone is 1. The zero-order valence-electron chi connectivity index (χ0n) is 8.51. The molecule has 0 rings (SSSR count). The number of hydrogen-bond donors (Lipinski definition) is 0. The summed E-state index contributed by atoms with van der Waals surface area (Å²) in [5, 5.41) is 0. The van der Waals surface area contributed by atoms with Gasteiger partial charge in [-0.1, -0.05) is 29.7 Å². The first-order valence-corrected chi connectivity index (χ1v) is 9.02. The van der Waals surface area contributed by atoms with E-state index in [4.69, 9.17) is 28.5 Å². The van der Waals surface area contributed by atoms with E-state index in [0.29, 0.717) is 6.61 Å². The SMILES string of the molecule is C=CCCSP(=S)(OCC)N(C)C=S. The minimum Gasteiger partial charge on any atom is -0.327 e. The zero-order chi connectivity index (χ0) is 11.0. The summed E-state index contributed by atoms with van der Waals surface area (Å²) >= 11 is 12.0. The molecule has 0 aliphatic carbocycles. The fourth-order valence-electron chi connectivity index (χ4n) is 0.692. The molecule has 0 N–H and O–H groups in total.